The highest BCUT2D eigenvalue weighted by molar-refractivity contribution is 7.89. The quantitative estimate of drug-likeness (QED) is 0.743. The maximum Gasteiger partial charge on any atom is 0.238 e. The predicted molar refractivity (Wildman–Crippen MR) is 93.1 cm³/mol. The van der Waals surface area contributed by atoms with Gasteiger partial charge in [-0.05, 0) is 35.4 Å². The first-order valence-corrected chi connectivity index (χ1v) is 8.83. The fourth-order valence-electron chi connectivity index (χ4n) is 2.50. The van der Waals surface area contributed by atoms with E-state index in [0.717, 1.165) is 11.1 Å². The Morgan fingerprint density at radius 3 is 1.96 bits per heavy atom. The SMILES string of the molecule is NS(=O)(=O)c1ccc(C(=O)c2ccccc2-c2ccccc2)cc1. The smallest absolute Gasteiger partial charge is 0.238 e. The molecule has 0 atom stereocenters. The van der Waals surface area contributed by atoms with E-state index >= 15 is 0 Å². The summed E-state index contributed by atoms with van der Waals surface area (Å²) in [7, 11) is -3.77. The summed E-state index contributed by atoms with van der Waals surface area (Å²) in [4.78, 5) is 12.8. The maximum absolute atomic E-state index is 12.8. The Balaban J connectivity index is 2.03. The van der Waals surface area contributed by atoms with Crippen LogP contribution >= 0.6 is 0 Å². The van der Waals surface area contributed by atoms with Crippen LogP contribution in [0.1, 0.15) is 15.9 Å². The number of hydrogen-bond acceptors (Lipinski definition) is 3. The third-order valence-electron chi connectivity index (χ3n) is 3.70. The van der Waals surface area contributed by atoms with Crippen molar-refractivity contribution in [1.29, 1.82) is 0 Å². The highest BCUT2D eigenvalue weighted by atomic mass is 32.2. The lowest BCUT2D eigenvalue weighted by atomic mass is 9.94. The number of hydrogen-bond donors (Lipinski definition) is 1. The van der Waals surface area contributed by atoms with Crippen molar-refractivity contribution in [3.05, 3.63) is 90.0 Å². The Morgan fingerprint density at radius 1 is 0.750 bits per heavy atom. The summed E-state index contributed by atoms with van der Waals surface area (Å²) >= 11 is 0. The minimum Gasteiger partial charge on any atom is -0.289 e. The largest absolute Gasteiger partial charge is 0.289 e. The van der Waals surface area contributed by atoms with Crippen molar-refractivity contribution in [3.8, 4) is 11.1 Å². The molecule has 4 nitrogen and oxygen atoms in total. The molecule has 3 rings (SSSR count). The van der Waals surface area contributed by atoms with Gasteiger partial charge in [-0.3, -0.25) is 4.79 Å². The van der Waals surface area contributed by atoms with Crippen molar-refractivity contribution in [2.75, 3.05) is 0 Å². The predicted octanol–water partition coefficient (Wildman–Crippen LogP) is 3.23. The molecule has 0 saturated heterocycles. The fraction of sp³-hybridized carbons (Fsp3) is 0. The number of ketones is 1. The summed E-state index contributed by atoms with van der Waals surface area (Å²) in [6.07, 6.45) is 0. The topological polar surface area (TPSA) is 77.2 Å². The molecule has 0 fully saturated rings. The number of primary sulfonamides is 1. The van der Waals surface area contributed by atoms with Crippen LogP contribution in [-0.2, 0) is 10.0 Å². The van der Waals surface area contributed by atoms with Gasteiger partial charge in [-0.15, -0.1) is 0 Å². The van der Waals surface area contributed by atoms with Gasteiger partial charge in [0.15, 0.2) is 5.78 Å². The summed E-state index contributed by atoms with van der Waals surface area (Å²) in [6, 6.07) is 22.6. The van der Waals surface area contributed by atoms with Crippen LogP contribution in [-0.4, -0.2) is 14.2 Å². The number of carbonyl (C=O) groups excluding carboxylic acids is 1. The molecule has 0 bridgehead atoms. The Hall–Kier alpha value is -2.76. The van der Waals surface area contributed by atoms with Crippen LogP contribution in [0.15, 0.2) is 83.8 Å². The second-order valence-corrected chi connectivity index (χ2v) is 6.87. The van der Waals surface area contributed by atoms with Gasteiger partial charge < -0.3 is 0 Å². The van der Waals surface area contributed by atoms with Gasteiger partial charge in [0.25, 0.3) is 0 Å². The maximum atomic E-state index is 12.8. The van der Waals surface area contributed by atoms with E-state index in [1.54, 1.807) is 12.1 Å². The van der Waals surface area contributed by atoms with Crippen LogP contribution in [0.2, 0.25) is 0 Å². The van der Waals surface area contributed by atoms with Gasteiger partial charge in [0, 0.05) is 11.1 Å². The first-order chi connectivity index (χ1) is 11.5. The first-order valence-electron chi connectivity index (χ1n) is 7.29. The lowest BCUT2D eigenvalue weighted by Crippen LogP contribution is -2.12. The highest BCUT2D eigenvalue weighted by Gasteiger charge is 2.15. The summed E-state index contributed by atoms with van der Waals surface area (Å²) in [5.74, 6) is -0.171. The molecule has 0 spiro atoms. The second kappa shape index (κ2) is 6.39. The molecule has 0 aromatic heterocycles. The Kier molecular flexibility index (Phi) is 4.29. The molecule has 0 aliphatic carbocycles. The van der Waals surface area contributed by atoms with Crippen molar-refractivity contribution in [1.82, 2.24) is 0 Å². The fourth-order valence-corrected chi connectivity index (χ4v) is 3.02. The zero-order chi connectivity index (χ0) is 17.2. The molecule has 120 valence electrons. The molecular weight excluding hydrogens is 322 g/mol. The van der Waals surface area contributed by atoms with E-state index in [-0.39, 0.29) is 10.7 Å². The van der Waals surface area contributed by atoms with Gasteiger partial charge in [-0.25, -0.2) is 13.6 Å². The Morgan fingerprint density at radius 2 is 1.33 bits per heavy atom. The van der Waals surface area contributed by atoms with Gasteiger partial charge in [-0.2, -0.15) is 0 Å². The van der Waals surface area contributed by atoms with Gasteiger partial charge in [-0.1, -0.05) is 54.6 Å². The van der Waals surface area contributed by atoms with E-state index in [1.165, 1.54) is 24.3 Å². The van der Waals surface area contributed by atoms with Crippen molar-refractivity contribution >= 4 is 15.8 Å². The van der Waals surface area contributed by atoms with E-state index in [2.05, 4.69) is 0 Å². The molecule has 3 aromatic rings. The average Bonchev–Trinajstić information content (AvgIpc) is 2.61. The molecule has 3 aromatic carbocycles. The van der Waals surface area contributed by atoms with Crippen LogP contribution in [0.25, 0.3) is 11.1 Å². The second-order valence-electron chi connectivity index (χ2n) is 5.31. The number of nitrogens with two attached hydrogens (primary N) is 1. The lowest BCUT2D eigenvalue weighted by Gasteiger charge is -2.09. The van der Waals surface area contributed by atoms with E-state index < -0.39 is 10.0 Å². The van der Waals surface area contributed by atoms with Crippen molar-refractivity contribution in [2.24, 2.45) is 5.14 Å². The molecule has 0 aliphatic rings. The zero-order valence-corrected chi connectivity index (χ0v) is 13.5. The standard InChI is InChI=1S/C19H15NO3S/c20-24(22,23)16-12-10-15(11-13-16)19(21)18-9-5-4-8-17(18)14-6-2-1-3-7-14/h1-13H,(H2,20,22,23). The first kappa shape index (κ1) is 16.1. The van der Waals surface area contributed by atoms with Crippen LogP contribution in [0, 0.1) is 0 Å². The molecule has 0 aliphatic heterocycles. The van der Waals surface area contributed by atoms with Crippen LogP contribution in [0.5, 0.6) is 0 Å². The van der Waals surface area contributed by atoms with Crippen molar-refractivity contribution < 1.29 is 13.2 Å². The molecule has 0 radical (unpaired) electrons. The minimum absolute atomic E-state index is 0.0182. The Labute approximate surface area is 140 Å². The van der Waals surface area contributed by atoms with E-state index in [1.807, 2.05) is 42.5 Å². The number of sulfonamides is 1. The molecule has 0 heterocycles. The van der Waals surface area contributed by atoms with Gasteiger partial charge >= 0.3 is 0 Å². The van der Waals surface area contributed by atoms with Gasteiger partial charge in [0.05, 0.1) is 4.90 Å². The molecule has 24 heavy (non-hydrogen) atoms. The van der Waals surface area contributed by atoms with Crippen LogP contribution in [0.4, 0.5) is 0 Å². The summed E-state index contributed by atoms with van der Waals surface area (Å²) in [6.45, 7) is 0. The molecule has 0 amide bonds. The lowest BCUT2D eigenvalue weighted by molar-refractivity contribution is 0.103. The average molecular weight is 337 g/mol. The zero-order valence-electron chi connectivity index (χ0n) is 12.7. The third-order valence-corrected chi connectivity index (χ3v) is 4.63. The minimum atomic E-state index is -3.77. The molecule has 2 N–H and O–H groups in total. The van der Waals surface area contributed by atoms with Crippen LogP contribution in [0.3, 0.4) is 0 Å². The van der Waals surface area contributed by atoms with Gasteiger partial charge in [0.1, 0.15) is 0 Å². The normalized spacial score (nSPS) is 11.2. The Bertz CT molecular complexity index is 979. The van der Waals surface area contributed by atoms with E-state index in [9.17, 15) is 13.2 Å². The number of benzene rings is 3. The summed E-state index contributed by atoms with van der Waals surface area (Å²) in [5, 5.41) is 5.08. The highest BCUT2D eigenvalue weighted by Crippen LogP contribution is 2.25. The van der Waals surface area contributed by atoms with Crippen molar-refractivity contribution in [2.45, 2.75) is 4.90 Å². The van der Waals surface area contributed by atoms with E-state index in [4.69, 9.17) is 5.14 Å². The number of rotatable bonds is 4. The van der Waals surface area contributed by atoms with Gasteiger partial charge in [0.2, 0.25) is 10.0 Å². The monoisotopic (exact) mass is 337 g/mol. The summed E-state index contributed by atoms with van der Waals surface area (Å²) < 4.78 is 22.6. The van der Waals surface area contributed by atoms with Crippen molar-refractivity contribution in [3.63, 3.8) is 0 Å². The molecule has 5 heteroatoms. The molecule has 0 unspecified atom stereocenters. The summed E-state index contributed by atoms with van der Waals surface area (Å²) in [5.41, 5.74) is 2.75. The molecule has 0 saturated carbocycles. The number of carbonyl (C=O) groups is 1. The third kappa shape index (κ3) is 3.27. The van der Waals surface area contributed by atoms with E-state index in [0.29, 0.717) is 11.1 Å². The molecular formula is C19H15NO3S. The van der Waals surface area contributed by atoms with Crippen LogP contribution < -0.4 is 5.14 Å².